The monoisotopic (exact) mass is 599 g/mol. The Labute approximate surface area is 253 Å². The molecule has 3 N–H and O–H groups in total. The van der Waals surface area contributed by atoms with E-state index in [0.717, 1.165) is 21.3 Å². The van der Waals surface area contributed by atoms with E-state index in [2.05, 4.69) is 5.43 Å². The molecule has 236 valence electrons. The van der Waals surface area contributed by atoms with Crippen molar-refractivity contribution in [1.82, 2.24) is 15.3 Å². The Morgan fingerprint density at radius 2 is 1.65 bits per heavy atom. The number of carboxylic acids is 1. The number of ether oxygens (including phenoxy) is 2. The van der Waals surface area contributed by atoms with Crippen LogP contribution in [0.4, 0.5) is 0 Å². The van der Waals surface area contributed by atoms with Gasteiger partial charge in [-0.1, -0.05) is 56.3 Å². The first-order valence-electron chi connectivity index (χ1n) is 14.9. The average Bonchev–Trinajstić information content (AvgIpc) is 2.97. The number of hydrogen-bond donors (Lipinski definition) is 3. The molecule has 2 amide bonds. The van der Waals surface area contributed by atoms with Gasteiger partial charge in [0.05, 0.1) is 31.3 Å². The molecule has 0 spiro atoms. The number of nitrogens with one attached hydrogen (secondary N) is 1. The lowest BCUT2D eigenvalue weighted by molar-refractivity contribution is -0.164. The molecule has 1 heterocycles. The van der Waals surface area contributed by atoms with Crippen LogP contribution < -0.4 is 5.43 Å². The molecule has 3 rings (SSSR count). The molecule has 0 saturated carbocycles. The quantitative estimate of drug-likeness (QED) is 0.220. The van der Waals surface area contributed by atoms with Crippen LogP contribution in [0.5, 0.6) is 0 Å². The van der Waals surface area contributed by atoms with Crippen LogP contribution >= 0.6 is 0 Å². The van der Waals surface area contributed by atoms with Gasteiger partial charge in [0.25, 0.3) is 0 Å². The fourth-order valence-corrected chi connectivity index (χ4v) is 5.21. The SMILES string of the molecule is CC(C)C[C@H](NN(C(=O)C(CC(=O)N1CCOCC1)Cc1cccc2ccccc12)[C@@H](C)C(=O)O)C(O)C(=O)OC(C)C. The Hall–Kier alpha value is -3.54. The van der Waals surface area contributed by atoms with E-state index in [9.17, 15) is 29.4 Å². The van der Waals surface area contributed by atoms with E-state index >= 15 is 0 Å². The van der Waals surface area contributed by atoms with Crippen molar-refractivity contribution in [2.75, 3.05) is 26.3 Å². The number of aliphatic hydroxyl groups excluding tert-OH is 1. The van der Waals surface area contributed by atoms with Crippen LogP contribution in [0.25, 0.3) is 10.8 Å². The smallest absolute Gasteiger partial charge is 0.336 e. The molecule has 11 heteroatoms. The van der Waals surface area contributed by atoms with E-state index in [4.69, 9.17) is 9.47 Å². The molecule has 1 fully saturated rings. The van der Waals surface area contributed by atoms with E-state index in [0.29, 0.717) is 26.3 Å². The van der Waals surface area contributed by atoms with E-state index < -0.39 is 48.1 Å². The van der Waals surface area contributed by atoms with Gasteiger partial charge in [0.2, 0.25) is 11.8 Å². The third-order valence-electron chi connectivity index (χ3n) is 7.47. The van der Waals surface area contributed by atoms with Gasteiger partial charge in [0, 0.05) is 19.5 Å². The zero-order valence-electron chi connectivity index (χ0n) is 25.7. The van der Waals surface area contributed by atoms with Gasteiger partial charge in [-0.3, -0.25) is 14.6 Å². The number of benzene rings is 2. The molecule has 4 atom stereocenters. The number of hydrazine groups is 1. The zero-order valence-corrected chi connectivity index (χ0v) is 25.7. The summed E-state index contributed by atoms with van der Waals surface area (Å²) >= 11 is 0. The largest absolute Gasteiger partial charge is 0.480 e. The molecule has 0 bridgehead atoms. The third kappa shape index (κ3) is 9.47. The van der Waals surface area contributed by atoms with Gasteiger partial charge in [-0.25, -0.2) is 15.0 Å². The topological polar surface area (TPSA) is 146 Å². The fourth-order valence-electron chi connectivity index (χ4n) is 5.21. The molecule has 2 aromatic rings. The molecular weight excluding hydrogens is 554 g/mol. The van der Waals surface area contributed by atoms with E-state index in [1.165, 1.54) is 6.92 Å². The Morgan fingerprint density at radius 1 is 1.00 bits per heavy atom. The lowest BCUT2D eigenvalue weighted by Crippen LogP contribution is -2.61. The Morgan fingerprint density at radius 3 is 2.28 bits per heavy atom. The normalized spacial score (nSPS) is 16.5. The summed E-state index contributed by atoms with van der Waals surface area (Å²) in [5.41, 5.74) is 3.72. The number of amides is 2. The van der Waals surface area contributed by atoms with Crippen molar-refractivity contribution in [3.05, 3.63) is 48.0 Å². The average molecular weight is 600 g/mol. The van der Waals surface area contributed by atoms with Crippen molar-refractivity contribution >= 4 is 34.5 Å². The van der Waals surface area contributed by atoms with Gasteiger partial charge in [-0.2, -0.15) is 0 Å². The molecule has 11 nitrogen and oxygen atoms in total. The van der Waals surface area contributed by atoms with Gasteiger partial charge in [-0.05, 0) is 55.9 Å². The number of carbonyl (C=O) groups is 4. The molecule has 0 aromatic heterocycles. The van der Waals surface area contributed by atoms with E-state index in [1.807, 2.05) is 56.3 Å². The van der Waals surface area contributed by atoms with Gasteiger partial charge in [0.15, 0.2) is 6.10 Å². The van der Waals surface area contributed by atoms with Crippen LogP contribution in [0, 0.1) is 11.8 Å². The molecule has 0 aliphatic carbocycles. The lowest BCUT2D eigenvalue weighted by atomic mass is 9.91. The highest BCUT2D eigenvalue weighted by Gasteiger charge is 2.38. The third-order valence-corrected chi connectivity index (χ3v) is 7.47. The summed E-state index contributed by atoms with van der Waals surface area (Å²) in [4.78, 5) is 54.3. The summed E-state index contributed by atoms with van der Waals surface area (Å²) in [5.74, 6) is -3.97. The second kappa shape index (κ2) is 15.8. The number of nitrogens with zero attached hydrogens (tertiary/aromatic N) is 2. The number of fused-ring (bicyclic) bond motifs is 1. The van der Waals surface area contributed by atoms with Gasteiger partial charge >= 0.3 is 11.9 Å². The number of rotatable bonds is 14. The summed E-state index contributed by atoms with van der Waals surface area (Å²) in [6.45, 7) is 10.0. The minimum absolute atomic E-state index is 0.0227. The second-order valence-corrected chi connectivity index (χ2v) is 11.8. The van der Waals surface area contributed by atoms with Crippen LogP contribution in [-0.2, 0) is 35.1 Å². The summed E-state index contributed by atoms with van der Waals surface area (Å²) in [6.07, 6.45) is -1.88. The molecule has 1 saturated heterocycles. The number of hydrogen-bond acceptors (Lipinski definition) is 8. The predicted octanol–water partition coefficient (Wildman–Crippen LogP) is 2.78. The zero-order chi connectivity index (χ0) is 31.7. The van der Waals surface area contributed by atoms with Gasteiger partial charge in [0.1, 0.15) is 6.04 Å². The minimum Gasteiger partial charge on any atom is -0.480 e. The number of esters is 1. The second-order valence-electron chi connectivity index (χ2n) is 11.8. The summed E-state index contributed by atoms with van der Waals surface area (Å²) < 4.78 is 10.6. The highest BCUT2D eigenvalue weighted by atomic mass is 16.6. The first-order chi connectivity index (χ1) is 20.4. The van der Waals surface area contributed by atoms with E-state index in [1.54, 1.807) is 18.7 Å². The summed E-state index contributed by atoms with van der Waals surface area (Å²) in [5, 5.41) is 23.8. The van der Waals surface area contributed by atoms with Crippen molar-refractivity contribution in [2.24, 2.45) is 11.8 Å². The van der Waals surface area contributed by atoms with Crippen LogP contribution in [-0.4, -0.2) is 94.5 Å². The van der Waals surface area contributed by atoms with Gasteiger partial charge in [-0.15, -0.1) is 0 Å². The Bertz CT molecular complexity index is 1250. The first kappa shape index (κ1) is 34.0. The maximum atomic E-state index is 14.3. The number of morpholine rings is 1. The Balaban J connectivity index is 2.00. The molecule has 2 unspecified atom stereocenters. The van der Waals surface area contributed by atoms with Gasteiger partial charge < -0.3 is 24.6 Å². The fraction of sp³-hybridized carbons (Fsp3) is 0.562. The highest BCUT2D eigenvalue weighted by molar-refractivity contribution is 5.90. The number of aliphatic carboxylic acids is 1. The standard InChI is InChI=1S/C32H45N3O8/c1-20(2)17-27(29(37)32(41)43-21(3)4)33-35(22(5)31(39)40)30(38)25(19-28(36)34-13-15-42-16-14-34)18-24-11-8-10-23-9-6-7-12-26(23)24/h6-12,20-22,25,27,29,33,37H,13-19H2,1-5H3,(H,39,40)/t22-,25?,27-,29?/m0/s1. The van der Waals surface area contributed by atoms with Crippen molar-refractivity contribution in [1.29, 1.82) is 0 Å². The van der Waals surface area contributed by atoms with Crippen molar-refractivity contribution in [2.45, 2.75) is 78.2 Å². The number of carbonyl (C=O) groups excluding carboxylic acids is 3. The highest BCUT2D eigenvalue weighted by Crippen LogP contribution is 2.25. The van der Waals surface area contributed by atoms with Crippen molar-refractivity contribution < 1.29 is 38.9 Å². The predicted molar refractivity (Wildman–Crippen MR) is 161 cm³/mol. The van der Waals surface area contributed by atoms with Crippen molar-refractivity contribution in [3.8, 4) is 0 Å². The molecule has 43 heavy (non-hydrogen) atoms. The van der Waals surface area contributed by atoms with Crippen LogP contribution in [0.1, 0.15) is 53.0 Å². The Kier molecular flexibility index (Phi) is 12.5. The summed E-state index contributed by atoms with van der Waals surface area (Å²) in [6, 6.07) is 11.1. The van der Waals surface area contributed by atoms with Crippen LogP contribution in [0.2, 0.25) is 0 Å². The minimum atomic E-state index is -1.66. The first-order valence-corrected chi connectivity index (χ1v) is 14.9. The van der Waals surface area contributed by atoms with Crippen molar-refractivity contribution in [3.63, 3.8) is 0 Å². The molecule has 1 aliphatic heterocycles. The lowest BCUT2D eigenvalue weighted by Gasteiger charge is -2.36. The maximum Gasteiger partial charge on any atom is 0.336 e. The maximum absolute atomic E-state index is 14.3. The number of carboxylic acid groups (broad SMARTS) is 1. The molecule has 0 radical (unpaired) electrons. The van der Waals surface area contributed by atoms with Crippen LogP contribution in [0.15, 0.2) is 42.5 Å². The van der Waals surface area contributed by atoms with Crippen LogP contribution in [0.3, 0.4) is 0 Å². The summed E-state index contributed by atoms with van der Waals surface area (Å²) in [7, 11) is 0. The molecule has 1 aliphatic rings. The molecular formula is C32H45N3O8. The van der Waals surface area contributed by atoms with E-state index in [-0.39, 0.29) is 31.1 Å². The molecule has 2 aromatic carbocycles. The number of aliphatic hydroxyl groups is 1.